The molecule has 1 aromatic carbocycles. The summed E-state index contributed by atoms with van der Waals surface area (Å²) < 4.78 is 0.980. The third-order valence-electron chi connectivity index (χ3n) is 2.28. The molecule has 3 heteroatoms. The van der Waals surface area contributed by atoms with Crippen molar-refractivity contribution in [3.8, 4) is 0 Å². The van der Waals surface area contributed by atoms with Crippen molar-refractivity contribution in [3.05, 3.63) is 33.8 Å². The highest BCUT2D eigenvalue weighted by Crippen LogP contribution is 2.24. The van der Waals surface area contributed by atoms with Crippen LogP contribution in [-0.4, -0.2) is 18.2 Å². The Balaban J connectivity index is 2.61. The quantitative estimate of drug-likeness (QED) is 0.808. The van der Waals surface area contributed by atoms with Crippen molar-refractivity contribution >= 4 is 15.9 Å². The lowest BCUT2D eigenvalue weighted by atomic mass is 10.1. The van der Waals surface area contributed by atoms with Gasteiger partial charge in [-0.3, -0.25) is 0 Å². The maximum absolute atomic E-state index is 9.93. The van der Waals surface area contributed by atoms with E-state index in [-0.39, 0.29) is 0 Å². The van der Waals surface area contributed by atoms with Crippen molar-refractivity contribution in [2.45, 2.75) is 26.4 Å². The third kappa shape index (κ3) is 3.93. The summed E-state index contributed by atoms with van der Waals surface area (Å²) in [5.41, 5.74) is 2.14. The van der Waals surface area contributed by atoms with Gasteiger partial charge in [-0.2, -0.15) is 0 Å². The van der Waals surface area contributed by atoms with Crippen molar-refractivity contribution < 1.29 is 5.11 Å². The molecule has 2 nitrogen and oxygen atoms in total. The Bertz CT molecular complexity index is 314. The van der Waals surface area contributed by atoms with E-state index in [0.29, 0.717) is 6.54 Å². The standard InChI is InChI=1S/C12H18BrNO/c1-3-6-14-8-12(15)10-5-4-9(2)7-11(10)13/h4-5,7,12,14-15H,3,6,8H2,1-2H3. The van der Waals surface area contributed by atoms with Crippen LogP contribution in [0.4, 0.5) is 0 Å². The highest BCUT2D eigenvalue weighted by atomic mass is 79.9. The molecule has 1 rings (SSSR count). The fourth-order valence-electron chi connectivity index (χ4n) is 1.43. The molecule has 2 N–H and O–H groups in total. The van der Waals surface area contributed by atoms with E-state index in [1.807, 2.05) is 25.1 Å². The number of aliphatic hydroxyl groups excluding tert-OH is 1. The first-order valence-corrected chi connectivity index (χ1v) is 6.09. The number of benzene rings is 1. The van der Waals surface area contributed by atoms with Gasteiger partial charge in [0.25, 0.3) is 0 Å². The monoisotopic (exact) mass is 271 g/mol. The average molecular weight is 272 g/mol. The van der Waals surface area contributed by atoms with Gasteiger partial charge < -0.3 is 10.4 Å². The second-order valence-corrected chi connectivity index (χ2v) is 4.60. The van der Waals surface area contributed by atoms with Crippen LogP contribution in [0.5, 0.6) is 0 Å². The van der Waals surface area contributed by atoms with Gasteiger partial charge in [-0.1, -0.05) is 35.0 Å². The highest BCUT2D eigenvalue weighted by molar-refractivity contribution is 9.10. The van der Waals surface area contributed by atoms with Crippen molar-refractivity contribution in [2.24, 2.45) is 0 Å². The molecule has 0 spiro atoms. The Morgan fingerprint density at radius 1 is 1.47 bits per heavy atom. The molecule has 15 heavy (non-hydrogen) atoms. The Hall–Kier alpha value is -0.380. The second-order valence-electron chi connectivity index (χ2n) is 3.74. The Labute approximate surface area is 99.8 Å². The van der Waals surface area contributed by atoms with Gasteiger partial charge in [0.1, 0.15) is 0 Å². The summed E-state index contributed by atoms with van der Waals surface area (Å²) in [6.07, 6.45) is 0.647. The van der Waals surface area contributed by atoms with E-state index in [1.165, 1.54) is 5.56 Å². The van der Waals surface area contributed by atoms with Crippen LogP contribution in [0.3, 0.4) is 0 Å². The summed E-state index contributed by atoms with van der Waals surface area (Å²) in [4.78, 5) is 0. The summed E-state index contributed by atoms with van der Waals surface area (Å²) in [6.45, 7) is 5.70. The molecule has 0 aliphatic carbocycles. The van der Waals surface area contributed by atoms with Crippen LogP contribution in [0.2, 0.25) is 0 Å². The minimum absolute atomic E-state index is 0.438. The molecule has 0 bridgehead atoms. The maximum atomic E-state index is 9.93. The van der Waals surface area contributed by atoms with Crippen molar-refractivity contribution in [2.75, 3.05) is 13.1 Å². The lowest BCUT2D eigenvalue weighted by molar-refractivity contribution is 0.174. The summed E-state index contributed by atoms with van der Waals surface area (Å²) in [6, 6.07) is 6.01. The SMILES string of the molecule is CCCNCC(O)c1ccc(C)cc1Br. The van der Waals surface area contributed by atoms with E-state index in [9.17, 15) is 5.11 Å². The van der Waals surface area contributed by atoms with Crippen LogP contribution in [0.15, 0.2) is 22.7 Å². The molecule has 0 fully saturated rings. The van der Waals surface area contributed by atoms with Gasteiger partial charge in [0.2, 0.25) is 0 Å². The van der Waals surface area contributed by atoms with Gasteiger partial charge in [0.05, 0.1) is 6.10 Å². The van der Waals surface area contributed by atoms with E-state index in [4.69, 9.17) is 0 Å². The van der Waals surface area contributed by atoms with Crippen LogP contribution in [-0.2, 0) is 0 Å². The molecule has 0 aromatic heterocycles. The van der Waals surface area contributed by atoms with E-state index in [0.717, 1.165) is 23.0 Å². The topological polar surface area (TPSA) is 32.3 Å². The predicted octanol–water partition coefficient (Wildman–Crippen LogP) is 2.79. The molecule has 84 valence electrons. The smallest absolute Gasteiger partial charge is 0.0925 e. The fourth-order valence-corrected chi connectivity index (χ4v) is 2.19. The molecule has 0 radical (unpaired) electrons. The fraction of sp³-hybridized carbons (Fsp3) is 0.500. The molecule has 0 saturated carbocycles. The summed E-state index contributed by atoms with van der Waals surface area (Å²) >= 11 is 3.47. The van der Waals surface area contributed by atoms with Crippen molar-refractivity contribution in [3.63, 3.8) is 0 Å². The number of aliphatic hydroxyl groups is 1. The van der Waals surface area contributed by atoms with Crippen molar-refractivity contribution in [1.82, 2.24) is 5.32 Å². The first kappa shape index (κ1) is 12.7. The van der Waals surface area contributed by atoms with Gasteiger partial charge in [0, 0.05) is 11.0 Å². The van der Waals surface area contributed by atoms with Crippen LogP contribution in [0.25, 0.3) is 0 Å². The Kier molecular flexibility index (Phi) is 5.29. The lowest BCUT2D eigenvalue weighted by Gasteiger charge is -2.14. The summed E-state index contributed by atoms with van der Waals surface area (Å²) in [7, 11) is 0. The first-order valence-electron chi connectivity index (χ1n) is 5.30. The number of halogens is 1. The number of hydrogen-bond acceptors (Lipinski definition) is 2. The molecule has 1 aromatic rings. The van der Waals surface area contributed by atoms with Crippen LogP contribution >= 0.6 is 15.9 Å². The third-order valence-corrected chi connectivity index (χ3v) is 2.97. The number of nitrogens with one attached hydrogen (secondary N) is 1. The largest absolute Gasteiger partial charge is 0.387 e. The predicted molar refractivity (Wildman–Crippen MR) is 67.0 cm³/mol. The van der Waals surface area contributed by atoms with Crippen LogP contribution < -0.4 is 5.32 Å². The molecule has 0 aliphatic heterocycles. The zero-order valence-electron chi connectivity index (χ0n) is 9.26. The normalized spacial score (nSPS) is 12.8. The van der Waals surface area contributed by atoms with E-state index in [1.54, 1.807) is 0 Å². The molecule has 1 unspecified atom stereocenters. The van der Waals surface area contributed by atoms with Crippen LogP contribution in [0.1, 0.15) is 30.6 Å². The minimum Gasteiger partial charge on any atom is -0.387 e. The van der Waals surface area contributed by atoms with Gasteiger partial charge in [-0.05, 0) is 37.1 Å². The molecular weight excluding hydrogens is 254 g/mol. The Morgan fingerprint density at radius 3 is 2.80 bits per heavy atom. The van der Waals surface area contributed by atoms with E-state index < -0.39 is 6.10 Å². The molecule has 0 aliphatic rings. The van der Waals surface area contributed by atoms with Gasteiger partial charge in [-0.25, -0.2) is 0 Å². The number of rotatable bonds is 5. The lowest BCUT2D eigenvalue weighted by Crippen LogP contribution is -2.22. The zero-order chi connectivity index (χ0) is 11.3. The summed E-state index contributed by atoms with van der Waals surface area (Å²) in [5.74, 6) is 0. The van der Waals surface area contributed by atoms with E-state index >= 15 is 0 Å². The van der Waals surface area contributed by atoms with Crippen molar-refractivity contribution in [1.29, 1.82) is 0 Å². The molecule has 0 heterocycles. The first-order chi connectivity index (χ1) is 7.15. The highest BCUT2D eigenvalue weighted by Gasteiger charge is 2.10. The summed E-state index contributed by atoms with van der Waals surface area (Å²) in [5, 5.41) is 13.1. The van der Waals surface area contributed by atoms with Gasteiger partial charge in [-0.15, -0.1) is 0 Å². The van der Waals surface area contributed by atoms with Gasteiger partial charge >= 0.3 is 0 Å². The second kappa shape index (κ2) is 6.26. The maximum Gasteiger partial charge on any atom is 0.0925 e. The molecule has 0 amide bonds. The van der Waals surface area contributed by atoms with Crippen LogP contribution in [0, 0.1) is 6.92 Å². The molecule has 1 atom stereocenters. The molecule has 0 saturated heterocycles. The molecular formula is C12H18BrNO. The number of aryl methyl sites for hydroxylation is 1. The Morgan fingerprint density at radius 2 is 2.20 bits per heavy atom. The van der Waals surface area contributed by atoms with E-state index in [2.05, 4.69) is 28.2 Å². The zero-order valence-corrected chi connectivity index (χ0v) is 10.8. The van der Waals surface area contributed by atoms with Gasteiger partial charge in [0.15, 0.2) is 0 Å². The minimum atomic E-state index is -0.438. The average Bonchev–Trinajstić information content (AvgIpc) is 2.17. The number of hydrogen-bond donors (Lipinski definition) is 2.